The molecule has 0 amide bonds. The van der Waals surface area contributed by atoms with Crippen molar-refractivity contribution in [2.45, 2.75) is 43.9 Å². The summed E-state index contributed by atoms with van der Waals surface area (Å²) in [5.41, 5.74) is 2.09. The topological polar surface area (TPSA) is 33.7 Å². The average molecular weight is 422 g/mol. The van der Waals surface area contributed by atoms with E-state index in [4.69, 9.17) is 9.47 Å². The summed E-state index contributed by atoms with van der Waals surface area (Å²) in [5, 5.41) is 3.62. The lowest BCUT2D eigenvalue weighted by atomic mass is 9.91. The highest BCUT2D eigenvalue weighted by Crippen LogP contribution is 2.37. The van der Waals surface area contributed by atoms with Crippen molar-refractivity contribution < 1.29 is 22.6 Å². The molecule has 7 heteroatoms. The number of benzene rings is 2. The summed E-state index contributed by atoms with van der Waals surface area (Å²) in [5.74, 6) is 1.25. The Morgan fingerprint density at radius 3 is 2.60 bits per heavy atom. The van der Waals surface area contributed by atoms with Crippen LogP contribution in [0.15, 0.2) is 48.5 Å². The third kappa shape index (κ3) is 5.81. The van der Waals surface area contributed by atoms with E-state index in [9.17, 15) is 13.2 Å². The van der Waals surface area contributed by atoms with Gasteiger partial charge in [0.2, 0.25) is 0 Å². The number of nitrogens with one attached hydrogen (secondary N) is 1. The zero-order valence-electron chi connectivity index (χ0n) is 17.4. The minimum absolute atomic E-state index is 0.0205. The molecular formula is C23H29F3N2O2. The van der Waals surface area contributed by atoms with E-state index in [2.05, 4.69) is 22.3 Å². The molecule has 1 N–H and O–H groups in total. The van der Waals surface area contributed by atoms with E-state index in [0.717, 1.165) is 25.1 Å². The van der Waals surface area contributed by atoms with Crippen molar-refractivity contribution in [2.75, 3.05) is 32.2 Å². The van der Waals surface area contributed by atoms with Gasteiger partial charge in [-0.05, 0) is 43.5 Å². The van der Waals surface area contributed by atoms with Crippen molar-refractivity contribution in [1.29, 1.82) is 0 Å². The molecule has 0 bridgehead atoms. The first-order chi connectivity index (χ1) is 14.4. The molecule has 4 nitrogen and oxygen atoms in total. The van der Waals surface area contributed by atoms with Crippen LogP contribution in [0.2, 0.25) is 0 Å². The predicted octanol–water partition coefficient (Wildman–Crippen LogP) is 5.35. The molecule has 0 aliphatic carbocycles. The lowest BCUT2D eigenvalue weighted by Gasteiger charge is -2.40. The largest absolute Gasteiger partial charge is 0.495 e. The van der Waals surface area contributed by atoms with Crippen molar-refractivity contribution >= 4 is 5.69 Å². The van der Waals surface area contributed by atoms with E-state index in [1.165, 1.54) is 5.56 Å². The second-order valence-electron chi connectivity index (χ2n) is 7.56. The molecule has 0 saturated carbocycles. The molecule has 0 radical (unpaired) electrons. The highest BCUT2D eigenvalue weighted by Gasteiger charge is 2.31. The third-order valence-electron chi connectivity index (χ3n) is 5.49. The number of hydrogen-bond acceptors (Lipinski definition) is 4. The first kappa shape index (κ1) is 22.3. The van der Waals surface area contributed by atoms with E-state index < -0.39 is 12.6 Å². The molecule has 30 heavy (non-hydrogen) atoms. The number of methoxy groups -OCH3 is 1. The lowest BCUT2D eigenvalue weighted by molar-refractivity contribution is -0.136. The molecule has 1 fully saturated rings. The number of nitrogens with zero attached hydrogens (tertiary/aromatic N) is 1. The molecule has 3 rings (SSSR count). The molecule has 164 valence electrons. The Labute approximate surface area is 176 Å². The fourth-order valence-electron chi connectivity index (χ4n) is 3.97. The Balaban J connectivity index is 1.76. The summed E-state index contributed by atoms with van der Waals surface area (Å²) in [6, 6.07) is 16.1. The zero-order valence-corrected chi connectivity index (χ0v) is 17.4. The summed E-state index contributed by atoms with van der Waals surface area (Å²) in [4.78, 5) is 2.19. The SMILES string of the molecule is COc1ccc(OCCCC(F)(F)F)cc1N(C)C1CCCNC1c1ccccc1. The van der Waals surface area contributed by atoms with E-state index in [0.29, 0.717) is 11.5 Å². The Morgan fingerprint density at radius 2 is 1.90 bits per heavy atom. The van der Waals surface area contributed by atoms with E-state index in [-0.39, 0.29) is 25.1 Å². The van der Waals surface area contributed by atoms with Gasteiger partial charge in [-0.25, -0.2) is 0 Å². The van der Waals surface area contributed by atoms with Crippen LogP contribution in [0.5, 0.6) is 11.5 Å². The number of alkyl halides is 3. The Bertz CT molecular complexity index is 799. The van der Waals surface area contributed by atoms with Gasteiger partial charge in [-0.3, -0.25) is 0 Å². The molecular weight excluding hydrogens is 393 g/mol. The summed E-state index contributed by atoms with van der Waals surface area (Å²) < 4.78 is 48.2. The minimum atomic E-state index is -4.16. The number of piperidine rings is 1. The van der Waals surface area contributed by atoms with Gasteiger partial charge in [0, 0.05) is 25.6 Å². The highest BCUT2D eigenvalue weighted by atomic mass is 19.4. The van der Waals surface area contributed by atoms with Gasteiger partial charge in [-0.2, -0.15) is 13.2 Å². The van der Waals surface area contributed by atoms with E-state index >= 15 is 0 Å². The predicted molar refractivity (Wildman–Crippen MR) is 112 cm³/mol. The van der Waals surface area contributed by atoms with Crippen LogP contribution in [-0.2, 0) is 0 Å². The molecule has 1 saturated heterocycles. The average Bonchev–Trinajstić information content (AvgIpc) is 2.76. The fourth-order valence-corrected chi connectivity index (χ4v) is 3.97. The second-order valence-corrected chi connectivity index (χ2v) is 7.56. The molecule has 2 unspecified atom stereocenters. The fraction of sp³-hybridized carbons (Fsp3) is 0.478. The lowest BCUT2D eigenvalue weighted by Crippen LogP contribution is -2.47. The van der Waals surface area contributed by atoms with Gasteiger partial charge in [0.05, 0.1) is 25.4 Å². The molecule has 1 aliphatic rings. The van der Waals surface area contributed by atoms with Gasteiger partial charge < -0.3 is 19.7 Å². The molecule has 2 atom stereocenters. The summed E-state index contributed by atoms with van der Waals surface area (Å²) >= 11 is 0. The smallest absolute Gasteiger partial charge is 0.389 e. The van der Waals surface area contributed by atoms with Gasteiger partial charge in [0.15, 0.2) is 0 Å². The van der Waals surface area contributed by atoms with Crippen LogP contribution in [0, 0.1) is 0 Å². The second kappa shape index (κ2) is 10.1. The Hall–Kier alpha value is -2.41. The van der Waals surface area contributed by atoms with Crippen LogP contribution in [0.3, 0.4) is 0 Å². The normalized spacial score (nSPS) is 19.4. The van der Waals surface area contributed by atoms with Crippen LogP contribution in [0.4, 0.5) is 18.9 Å². The third-order valence-corrected chi connectivity index (χ3v) is 5.49. The Morgan fingerprint density at radius 1 is 1.13 bits per heavy atom. The summed E-state index contributed by atoms with van der Waals surface area (Å²) in [6.45, 7) is 0.982. The van der Waals surface area contributed by atoms with Gasteiger partial charge in [-0.15, -0.1) is 0 Å². The maximum absolute atomic E-state index is 12.3. The number of halogens is 3. The van der Waals surface area contributed by atoms with Gasteiger partial charge in [0.25, 0.3) is 0 Å². The molecule has 0 aromatic heterocycles. The van der Waals surface area contributed by atoms with Crippen molar-refractivity contribution in [3.05, 3.63) is 54.1 Å². The molecule has 2 aromatic carbocycles. The van der Waals surface area contributed by atoms with Crippen molar-refractivity contribution in [2.24, 2.45) is 0 Å². The van der Waals surface area contributed by atoms with Crippen molar-refractivity contribution in [1.82, 2.24) is 5.32 Å². The Kier molecular flexibility index (Phi) is 7.48. The maximum atomic E-state index is 12.3. The zero-order chi connectivity index (χ0) is 21.6. The minimum Gasteiger partial charge on any atom is -0.495 e. The number of ether oxygens (including phenoxy) is 2. The first-order valence-electron chi connectivity index (χ1n) is 10.3. The standard InChI is InChI=1S/C23H29F3N2O2/c1-28(19-10-6-14-27-22(19)17-8-4-3-5-9-17)20-16-18(11-12-21(20)29-2)30-15-7-13-23(24,25)26/h3-5,8-9,11-12,16,19,22,27H,6-7,10,13-15H2,1-2H3. The summed E-state index contributed by atoms with van der Waals surface area (Å²) in [7, 11) is 3.64. The number of rotatable bonds is 8. The van der Waals surface area contributed by atoms with Crippen LogP contribution in [-0.4, -0.2) is 39.5 Å². The highest BCUT2D eigenvalue weighted by molar-refractivity contribution is 5.62. The molecule has 2 aromatic rings. The van der Waals surface area contributed by atoms with E-state index in [1.807, 2.05) is 31.3 Å². The van der Waals surface area contributed by atoms with Crippen LogP contribution >= 0.6 is 0 Å². The van der Waals surface area contributed by atoms with Crippen LogP contribution in [0.1, 0.15) is 37.3 Å². The van der Waals surface area contributed by atoms with Crippen molar-refractivity contribution in [3.8, 4) is 11.5 Å². The first-order valence-corrected chi connectivity index (χ1v) is 10.3. The summed E-state index contributed by atoms with van der Waals surface area (Å²) in [6.07, 6.45) is -2.99. The molecule has 1 aliphatic heterocycles. The molecule has 0 spiro atoms. The number of likely N-dealkylation sites (N-methyl/N-ethyl adjacent to an activating group) is 1. The maximum Gasteiger partial charge on any atom is 0.389 e. The van der Waals surface area contributed by atoms with Gasteiger partial charge >= 0.3 is 6.18 Å². The van der Waals surface area contributed by atoms with Crippen LogP contribution in [0.25, 0.3) is 0 Å². The van der Waals surface area contributed by atoms with Crippen molar-refractivity contribution in [3.63, 3.8) is 0 Å². The van der Waals surface area contributed by atoms with Gasteiger partial charge in [0.1, 0.15) is 11.5 Å². The molecule has 1 heterocycles. The van der Waals surface area contributed by atoms with Gasteiger partial charge in [-0.1, -0.05) is 30.3 Å². The van der Waals surface area contributed by atoms with E-state index in [1.54, 1.807) is 19.2 Å². The quantitative estimate of drug-likeness (QED) is 0.582. The number of hydrogen-bond donors (Lipinski definition) is 1. The number of anilines is 1. The van der Waals surface area contributed by atoms with Crippen LogP contribution < -0.4 is 19.7 Å². The monoisotopic (exact) mass is 422 g/mol.